The van der Waals surface area contributed by atoms with E-state index in [0.29, 0.717) is 5.56 Å². The van der Waals surface area contributed by atoms with E-state index in [-0.39, 0.29) is 0 Å². The molecule has 2 heterocycles. The normalized spacial score (nSPS) is 10.4. The Kier molecular flexibility index (Phi) is 5.64. The number of anilines is 1. The van der Waals surface area contributed by atoms with Gasteiger partial charge >= 0.3 is 0 Å². The van der Waals surface area contributed by atoms with Gasteiger partial charge in [0.2, 0.25) is 5.13 Å². The minimum absolute atomic E-state index is 0.691. The van der Waals surface area contributed by atoms with Crippen LogP contribution in [0.1, 0.15) is 16.0 Å². The predicted molar refractivity (Wildman–Crippen MR) is 97.1 cm³/mol. The van der Waals surface area contributed by atoms with Crippen molar-refractivity contribution in [1.29, 1.82) is 5.26 Å². The van der Waals surface area contributed by atoms with Crippen molar-refractivity contribution in [2.45, 2.75) is 16.5 Å². The minimum Gasteiger partial charge on any atom is -0.360 e. The second-order valence-electron chi connectivity index (χ2n) is 4.73. The van der Waals surface area contributed by atoms with Crippen LogP contribution in [-0.2, 0) is 12.2 Å². The quantitative estimate of drug-likeness (QED) is 0.634. The van der Waals surface area contributed by atoms with Crippen LogP contribution >= 0.6 is 34.4 Å². The summed E-state index contributed by atoms with van der Waals surface area (Å²) in [6.07, 6.45) is 1.00. The molecule has 0 aliphatic heterocycles. The third-order valence-electron chi connectivity index (χ3n) is 3.05. The van der Waals surface area contributed by atoms with Gasteiger partial charge in [-0.05, 0) is 35.6 Å². The molecule has 0 unspecified atom stereocenters. The van der Waals surface area contributed by atoms with Gasteiger partial charge in [-0.1, -0.05) is 41.3 Å². The molecule has 1 aromatic carbocycles. The van der Waals surface area contributed by atoms with Crippen molar-refractivity contribution in [2.24, 2.45) is 0 Å². The van der Waals surface area contributed by atoms with E-state index in [1.807, 2.05) is 24.3 Å². The zero-order valence-electron chi connectivity index (χ0n) is 12.2. The molecule has 0 atom stereocenters. The van der Waals surface area contributed by atoms with Gasteiger partial charge in [0, 0.05) is 17.2 Å². The Morgan fingerprint density at radius 2 is 2.17 bits per heavy atom. The molecule has 0 aliphatic rings. The number of rotatable bonds is 7. The fourth-order valence-corrected chi connectivity index (χ4v) is 4.39. The standard InChI is InChI=1S/C16H14N4S3/c17-10-12-3-1-4-13(9-12)11-22-16-20-19-15(23-16)18-7-6-14-5-2-8-21-14/h1-5,8-9H,6-7,11H2,(H,18,19). The maximum Gasteiger partial charge on any atom is 0.206 e. The molecule has 0 spiro atoms. The lowest BCUT2D eigenvalue weighted by Crippen LogP contribution is -2.03. The molecule has 0 saturated carbocycles. The van der Waals surface area contributed by atoms with Crippen molar-refractivity contribution in [1.82, 2.24) is 10.2 Å². The van der Waals surface area contributed by atoms with Gasteiger partial charge < -0.3 is 5.32 Å². The van der Waals surface area contributed by atoms with E-state index in [1.54, 1.807) is 34.4 Å². The van der Waals surface area contributed by atoms with Crippen LogP contribution in [0.2, 0.25) is 0 Å². The van der Waals surface area contributed by atoms with Gasteiger partial charge in [0.25, 0.3) is 0 Å². The third kappa shape index (κ3) is 4.79. The molecule has 0 amide bonds. The first kappa shape index (κ1) is 16.0. The summed E-state index contributed by atoms with van der Waals surface area (Å²) in [6.45, 7) is 0.865. The van der Waals surface area contributed by atoms with Gasteiger partial charge in [0.1, 0.15) is 0 Å². The van der Waals surface area contributed by atoms with Gasteiger partial charge in [0.15, 0.2) is 4.34 Å². The number of nitrogens with one attached hydrogen (secondary N) is 1. The van der Waals surface area contributed by atoms with E-state index in [9.17, 15) is 0 Å². The van der Waals surface area contributed by atoms with E-state index >= 15 is 0 Å². The molecule has 0 fully saturated rings. The average molecular weight is 359 g/mol. The molecule has 3 aromatic rings. The number of nitrogens with zero attached hydrogens (tertiary/aromatic N) is 3. The molecule has 0 aliphatic carbocycles. The number of hydrogen-bond acceptors (Lipinski definition) is 7. The van der Waals surface area contributed by atoms with Crippen LogP contribution in [0.4, 0.5) is 5.13 Å². The molecule has 1 N–H and O–H groups in total. The largest absolute Gasteiger partial charge is 0.360 e. The zero-order valence-corrected chi connectivity index (χ0v) is 14.7. The fraction of sp³-hybridized carbons (Fsp3) is 0.188. The highest BCUT2D eigenvalue weighted by atomic mass is 32.2. The maximum absolute atomic E-state index is 8.92. The molecule has 7 heteroatoms. The summed E-state index contributed by atoms with van der Waals surface area (Å²) < 4.78 is 0.936. The molecule has 0 saturated heterocycles. The van der Waals surface area contributed by atoms with E-state index in [1.165, 1.54) is 4.88 Å². The molecule has 3 rings (SSSR count). The van der Waals surface area contributed by atoms with Crippen LogP contribution < -0.4 is 5.32 Å². The predicted octanol–water partition coefficient (Wildman–Crippen LogP) is 4.42. The van der Waals surface area contributed by atoms with E-state index in [0.717, 1.165) is 33.8 Å². The number of nitriles is 1. The lowest BCUT2D eigenvalue weighted by Gasteiger charge is -1.99. The number of thiophene rings is 1. The monoisotopic (exact) mass is 358 g/mol. The Bertz CT molecular complexity index is 790. The van der Waals surface area contributed by atoms with Gasteiger partial charge in [-0.3, -0.25) is 0 Å². The first-order valence-electron chi connectivity index (χ1n) is 7.05. The Hall–Kier alpha value is -1.88. The highest BCUT2D eigenvalue weighted by molar-refractivity contribution is 8.00. The number of benzene rings is 1. The molecule has 0 bridgehead atoms. The SMILES string of the molecule is N#Cc1cccc(CSc2nnc(NCCc3cccs3)s2)c1. The first-order chi connectivity index (χ1) is 11.3. The molecule has 4 nitrogen and oxygen atoms in total. The molecular formula is C16H14N4S3. The van der Waals surface area contributed by atoms with Crippen LogP contribution in [0.15, 0.2) is 46.1 Å². The summed E-state index contributed by atoms with van der Waals surface area (Å²) in [5.74, 6) is 0.791. The van der Waals surface area contributed by atoms with Gasteiger partial charge in [0.05, 0.1) is 11.6 Å². The second kappa shape index (κ2) is 8.11. The lowest BCUT2D eigenvalue weighted by atomic mass is 10.2. The van der Waals surface area contributed by atoms with Crippen molar-refractivity contribution < 1.29 is 0 Å². The van der Waals surface area contributed by atoms with Crippen LogP contribution in [0.25, 0.3) is 0 Å². The van der Waals surface area contributed by atoms with Crippen LogP contribution in [-0.4, -0.2) is 16.7 Å². The van der Waals surface area contributed by atoms with Crippen molar-refractivity contribution >= 4 is 39.6 Å². The molecule has 0 radical (unpaired) electrons. The van der Waals surface area contributed by atoms with Crippen molar-refractivity contribution in [3.05, 3.63) is 57.8 Å². The number of hydrogen-bond donors (Lipinski definition) is 1. The molecule has 116 valence electrons. The fourth-order valence-electron chi connectivity index (χ4n) is 1.96. The maximum atomic E-state index is 8.92. The summed E-state index contributed by atoms with van der Waals surface area (Å²) in [5, 5.41) is 23.5. The van der Waals surface area contributed by atoms with E-state index in [4.69, 9.17) is 5.26 Å². The summed E-state index contributed by atoms with van der Waals surface area (Å²) >= 11 is 4.98. The minimum atomic E-state index is 0.691. The van der Waals surface area contributed by atoms with Gasteiger partial charge in [-0.15, -0.1) is 21.5 Å². The Balaban J connectivity index is 1.48. The Morgan fingerprint density at radius 3 is 3.00 bits per heavy atom. The highest BCUT2D eigenvalue weighted by Gasteiger charge is 2.05. The smallest absolute Gasteiger partial charge is 0.206 e. The molecular weight excluding hydrogens is 344 g/mol. The molecule has 23 heavy (non-hydrogen) atoms. The zero-order chi connectivity index (χ0) is 15.9. The van der Waals surface area contributed by atoms with Crippen LogP contribution in [0, 0.1) is 11.3 Å². The van der Waals surface area contributed by atoms with E-state index < -0.39 is 0 Å². The summed E-state index contributed by atoms with van der Waals surface area (Å²) in [6, 6.07) is 14.0. The summed E-state index contributed by atoms with van der Waals surface area (Å²) in [5.41, 5.74) is 1.81. The number of thioether (sulfide) groups is 1. The van der Waals surface area contributed by atoms with Crippen LogP contribution in [0.5, 0.6) is 0 Å². The topological polar surface area (TPSA) is 61.6 Å². The van der Waals surface area contributed by atoms with Crippen molar-refractivity contribution in [3.8, 4) is 6.07 Å². The molecule has 2 aromatic heterocycles. The number of aromatic nitrogens is 2. The Labute approximate surface area is 147 Å². The average Bonchev–Trinajstić information content (AvgIpc) is 3.25. The van der Waals surface area contributed by atoms with E-state index in [2.05, 4.69) is 39.1 Å². The summed E-state index contributed by atoms with van der Waals surface area (Å²) in [7, 11) is 0. The third-order valence-corrected chi connectivity index (χ3v) is 6.07. The van der Waals surface area contributed by atoms with Crippen LogP contribution in [0.3, 0.4) is 0 Å². The highest BCUT2D eigenvalue weighted by Crippen LogP contribution is 2.28. The van der Waals surface area contributed by atoms with Crippen molar-refractivity contribution in [3.63, 3.8) is 0 Å². The second-order valence-corrected chi connectivity index (χ2v) is 7.96. The summed E-state index contributed by atoms with van der Waals surface area (Å²) in [4.78, 5) is 1.37. The van der Waals surface area contributed by atoms with Crippen molar-refractivity contribution in [2.75, 3.05) is 11.9 Å². The van der Waals surface area contributed by atoms with Gasteiger partial charge in [-0.2, -0.15) is 5.26 Å². The lowest BCUT2D eigenvalue weighted by molar-refractivity contribution is 0.980. The Morgan fingerprint density at radius 1 is 1.22 bits per heavy atom. The van der Waals surface area contributed by atoms with Gasteiger partial charge in [-0.25, -0.2) is 0 Å². The first-order valence-corrected chi connectivity index (χ1v) is 9.73.